The molecule has 4 unspecified atom stereocenters. The second-order valence-corrected chi connectivity index (χ2v) is 12.2. The summed E-state index contributed by atoms with van der Waals surface area (Å²) in [6, 6.07) is 18.6. The first kappa shape index (κ1) is 27.2. The number of likely N-dealkylation sites (tertiary alicyclic amines) is 1. The van der Waals surface area contributed by atoms with Gasteiger partial charge in [-0.3, -0.25) is 4.79 Å². The number of piperidine rings is 1. The average molecular weight is 519 g/mol. The van der Waals surface area contributed by atoms with Gasteiger partial charge in [0, 0.05) is 51.0 Å². The number of hydrogen-bond donors (Lipinski definition) is 1. The van der Waals surface area contributed by atoms with Gasteiger partial charge in [0.25, 0.3) is 0 Å². The number of aromatic hydroxyl groups is 1. The summed E-state index contributed by atoms with van der Waals surface area (Å²) in [5.41, 5.74) is 2.49. The molecule has 2 aromatic carbocycles. The molecule has 2 aromatic rings. The van der Waals surface area contributed by atoms with Crippen LogP contribution < -0.4 is 0 Å². The Morgan fingerprint density at radius 2 is 1.92 bits per heavy atom. The van der Waals surface area contributed by atoms with E-state index in [2.05, 4.69) is 41.3 Å². The lowest BCUT2D eigenvalue weighted by Crippen LogP contribution is -2.61. The highest BCUT2D eigenvalue weighted by Gasteiger charge is 2.53. The van der Waals surface area contributed by atoms with Crippen molar-refractivity contribution in [2.24, 2.45) is 11.8 Å². The van der Waals surface area contributed by atoms with Gasteiger partial charge in [0.2, 0.25) is 5.91 Å². The van der Waals surface area contributed by atoms with Crippen molar-refractivity contribution in [1.82, 2.24) is 9.80 Å². The van der Waals surface area contributed by atoms with Crippen LogP contribution in [-0.2, 0) is 21.4 Å². The van der Waals surface area contributed by atoms with E-state index < -0.39 is 0 Å². The predicted molar refractivity (Wildman–Crippen MR) is 152 cm³/mol. The normalized spacial score (nSPS) is 27.6. The summed E-state index contributed by atoms with van der Waals surface area (Å²) in [7, 11) is 3.84. The maximum Gasteiger partial charge on any atom is 0.222 e. The molecule has 3 fully saturated rings. The highest BCUT2D eigenvalue weighted by atomic mass is 16.5. The minimum Gasteiger partial charge on any atom is -0.508 e. The van der Waals surface area contributed by atoms with Gasteiger partial charge in [0.1, 0.15) is 5.75 Å². The second-order valence-electron chi connectivity index (χ2n) is 12.2. The van der Waals surface area contributed by atoms with Crippen LogP contribution in [-0.4, -0.2) is 66.8 Å². The molecule has 5 rings (SSSR count). The van der Waals surface area contributed by atoms with Crippen molar-refractivity contribution in [3.05, 3.63) is 65.7 Å². The Balaban J connectivity index is 1.25. The molecule has 2 saturated carbocycles. The molecule has 1 aliphatic heterocycles. The van der Waals surface area contributed by atoms with Crippen LogP contribution in [0.4, 0.5) is 0 Å². The van der Waals surface area contributed by atoms with Crippen molar-refractivity contribution in [3.8, 4) is 5.75 Å². The highest BCUT2D eigenvalue weighted by molar-refractivity contribution is 5.76. The van der Waals surface area contributed by atoms with E-state index in [4.69, 9.17) is 4.74 Å². The number of aryl methyl sites for hydroxylation is 1. The summed E-state index contributed by atoms with van der Waals surface area (Å²) >= 11 is 0. The molecule has 5 nitrogen and oxygen atoms in total. The number of ether oxygens (including phenoxy) is 1. The van der Waals surface area contributed by atoms with E-state index in [1.165, 1.54) is 30.5 Å². The molecule has 2 aliphatic carbocycles. The Hall–Kier alpha value is -2.37. The van der Waals surface area contributed by atoms with Gasteiger partial charge in [0.05, 0.1) is 6.10 Å². The number of hydrogen-bond acceptors (Lipinski definition) is 4. The van der Waals surface area contributed by atoms with Crippen molar-refractivity contribution >= 4 is 5.91 Å². The van der Waals surface area contributed by atoms with Crippen LogP contribution in [0.15, 0.2) is 54.6 Å². The zero-order valence-corrected chi connectivity index (χ0v) is 23.4. The number of amides is 1. The first-order chi connectivity index (χ1) is 18.5. The van der Waals surface area contributed by atoms with Gasteiger partial charge >= 0.3 is 0 Å². The van der Waals surface area contributed by atoms with Gasteiger partial charge in [0.15, 0.2) is 0 Å². The van der Waals surface area contributed by atoms with Crippen molar-refractivity contribution in [2.45, 2.75) is 81.8 Å². The monoisotopic (exact) mass is 518 g/mol. The summed E-state index contributed by atoms with van der Waals surface area (Å²) < 4.78 is 6.19. The maximum atomic E-state index is 13.3. The largest absolute Gasteiger partial charge is 0.508 e. The number of carbonyl (C=O) groups excluding carboxylic acids is 1. The Morgan fingerprint density at radius 1 is 1.11 bits per heavy atom. The topological polar surface area (TPSA) is 53.0 Å². The van der Waals surface area contributed by atoms with Gasteiger partial charge in [-0.25, -0.2) is 0 Å². The molecular weight excluding hydrogens is 472 g/mol. The number of rotatable bonds is 11. The molecule has 38 heavy (non-hydrogen) atoms. The lowest BCUT2D eigenvalue weighted by molar-refractivity contribution is -0.137. The Kier molecular flexibility index (Phi) is 8.74. The van der Waals surface area contributed by atoms with Crippen LogP contribution >= 0.6 is 0 Å². The molecule has 5 heteroatoms. The number of phenolic OH excluding ortho intramolecular Hbond substituents is 1. The fourth-order valence-electron chi connectivity index (χ4n) is 7.24. The van der Waals surface area contributed by atoms with E-state index in [1.54, 1.807) is 6.07 Å². The van der Waals surface area contributed by atoms with Crippen molar-refractivity contribution in [1.29, 1.82) is 0 Å². The molecule has 0 bridgehead atoms. The summed E-state index contributed by atoms with van der Waals surface area (Å²) in [6.45, 7) is 3.32. The Labute approximate surface area is 229 Å². The Bertz CT molecular complexity index is 1060. The van der Waals surface area contributed by atoms with Crippen LogP contribution in [0, 0.1) is 11.8 Å². The summed E-state index contributed by atoms with van der Waals surface area (Å²) in [5.74, 6) is 1.81. The van der Waals surface area contributed by atoms with Crippen molar-refractivity contribution in [2.75, 3.05) is 33.8 Å². The lowest BCUT2D eigenvalue weighted by Gasteiger charge is -2.56. The number of fused-ring (bicyclic) bond motifs is 1. The second kappa shape index (κ2) is 12.2. The number of methoxy groups -OCH3 is 1. The van der Waals surface area contributed by atoms with Crippen LogP contribution in [0.1, 0.15) is 68.9 Å². The number of phenols is 1. The Morgan fingerprint density at radius 3 is 2.66 bits per heavy atom. The van der Waals surface area contributed by atoms with Crippen molar-refractivity contribution < 1.29 is 14.6 Å². The summed E-state index contributed by atoms with van der Waals surface area (Å²) in [4.78, 5) is 18.0. The van der Waals surface area contributed by atoms with E-state index in [1.807, 2.05) is 31.2 Å². The number of carbonyl (C=O) groups is 1. The molecule has 1 heterocycles. The van der Waals surface area contributed by atoms with Crippen LogP contribution in [0.5, 0.6) is 5.75 Å². The van der Waals surface area contributed by atoms with E-state index in [0.717, 1.165) is 64.0 Å². The number of unbranched alkanes of at least 4 members (excludes halogenated alkanes) is 2. The fourth-order valence-corrected chi connectivity index (χ4v) is 7.24. The van der Waals surface area contributed by atoms with Gasteiger partial charge in [-0.2, -0.15) is 0 Å². The zero-order chi connectivity index (χ0) is 26.5. The zero-order valence-electron chi connectivity index (χ0n) is 23.4. The van der Waals surface area contributed by atoms with Gasteiger partial charge < -0.3 is 19.6 Å². The van der Waals surface area contributed by atoms with Crippen molar-refractivity contribution in [3.63, 3.8) is 0 Å². The van der Waals surface area contributed by atoms with E-state index >= 15 is 0 Å². The quantitative estimate of drug-likeness (QED) is 0.382. The van der Waals surface area contributed by atoms with Gasteiger partial charge in [-0.15, -0.1) is 0 Å². The minimum absolute atomic E-state index is 0.0907. The predicted octanol–water partition coefficient (Wildman–Crippen LogP) is 5.80. The molecule has 206 valence electrons. The van der Waals surface area contributed by atoms with Crippen LogP contribution in [0.3, 0.4) is 0 Å². The molecule has 4 atom stereocenters. The summed E-state index contributed by atoms with van der Waals surface area (Å²) in [5, 5.41) is 10.4. The third kappa shape index (κ3) is 6.26. The smallest absolute Gasteiger partial charge is 0.222 e. The first-order valence-electron chi connectivity index (χ1n) is 14.8. The molecule has 3 aliphatic rings. The summed E-state index contributed by atoms with van der Waals surface area (Å²) in [6.07, 6.45) is 10.5. The molecule has 0 radical (unpaired) electrons. The van der Waals surface area contributed by atoms with Gasteiger partial charge in [-0.1, -0.05) is 48.9 Å². The lowest BCUT2D eigenvalue weighted by atomic mass is 9.56. The molecule has 1 saturated heterocycles. The SMILES string of the molecule is COC1CC(N(C)C(=O)CCCCCc2ccccc2)CC2(c3cccc(O)c3)CCN(CC3CC3)CC12. The molecular formula is C33H46N2O3. The first-order valence-corrected chi connectivity index (χ1v) is 14.8. The van der Waals surface area contributed by atoms with E-state index in [0.29, 0.717) is 18.1 Å². The number of nitrogens with zero attached hydrogens (tertiary/aromatic N) is 2. The maximum absolute atomic E-state index is 13.3. The highest BCUT2D eigenvalue weighted by Crippen LogP contribution is 2.51. The molecule has 1 N–H and O–H groups in total. The van der Waals surface area contributed by atoms with Gasteiger partial charge in [-0.05, 0) is 87.1 Å². The number of benzene rings is 2. The average Bonchev–Trinajstić information content (AvgIpc) is 3.76. The minimum atomic E-state index is -0.0907. The standard InChI is InChI=1S/C33H46N2O3/c1-34(32(37)15-8-4-7-12-25-10-5-3-6-11-25)28-21-31(38-2)30-24-35(23-26-16-17-26)19-18-33(30,22-28)27-13-9-14-29(36)20-27/h3,5-6,9-11,13-14,20,26,28,30-31,36H,4,7-8,12,15-19,21-24H2,1-2H3. The molecule has 1 amide bonds. The van der Waals surface area contributed by atoms with E-state index in [9.17, 15) is 9.90 Å². The van der Waals surface area contributed by atoms with E-state index in [-0.39, 0.29) is 23.5 Å². The van der Waals surface area contributed by atoms with Crippen LogP contribution in [0.25, 0.3) is 0 Å². The van der Waals surface area contributed by atoms with Crippen LogP contribution in [0.2, 0.25) is 0 Å². The molecule has 0 aromatic heterocycles. The fraction of sp³-hybridized carbons (Fsp3) is 0.606. The third-order valence-electron chi connectivity index (χ3n) is 9.67. The molecule has 0 spiro atoms. The third-order valence-corrected chi connectivity index (χ3v) is 9.67.